The van der Waals surface area contributed by atoms with Gasteiger partial charge >= 0.3 is 6.03 Å². The standard InChI is InChI=1S/C14H19N3O/c15-11-3-5-12(6-4-11)16-14(18)17-13-8-9-1-2-10(13)7-9/h3-6,9-10,13H,1-2,7-8,15H2,(H2,16,17,18). The topological polar surface area (TPSA) is 67.1 Å². The SMILES string of the molecule is Nc1ccc(NC(=O)NC2CC3CCC2C3)cc1. The summed E-state index contributed by atoms with van der Waals surface area (Å²) in [7, 11) is 0. The van der Waals surface area contributed by atoms with E-state index in [0.717, 1.165) is 18.0 Å². The third-order valence-corrected chi connectivity index (χ3v) is 4.22. The lowest BCUT2D eigenvalue weighted by atomic mass is 9.95. The number of nitrogens with two attached hydrogens (primary N) is 1. The Morgan fingerprint density at radius 1 is 1.17 bits per heavy atom. The number of hydrogen-bond acceptors (Lipinski definition) is 2. The molecule has 18 heavy (non-hydrogen) atoms. The van der Waals surface area contributed by atoms with E-state index in [1.807, 2.05) is 12.1 Å². The van der Waals surface area contributed by atoms with Gasteiger partial charge in [0.1, 0.15) is 0 Å². The average Bonchev–Trinajstić information content (AvgIpc) is 2.94. The summed E-state index contributed by atoms with van der Waals surface area (Å²) in [6.45, 7) is 0. The van der Waals surface area contributed by atoms with Crippen LogP contribution in [0.15, 0.2) is 24.3 Å². The van der Waals surface area contributed by atoms with Crippen molar-refractivity contribution in [3.8, 4) is 0 Å². The van der Waals surface area contributed by atoms with E-state index in [1.165, 1.54) is 19.3 Å². The molecule has 1 aromatic carbocycles. The molecular weight excluding hydrogens is 226 g/mol. The summed E-state index contributed by atoms with van der Waals surface area (Å²) in [5.74, 6) is 1.55. The Balaban J connectivity index is 1.54. The van der Waals surface area contributed by atoms with Crippen LogP contribution in [0.1, 0.15) is 25.7 Å². The fraction of sp³-hybridized carbons (Fsp3) is 0.500. The largest absolute Gasteiger partial charge is 0.399 e. The van der Waals surface area contributed by atoms with Crippen LogP contribution in [0.2, 0.25) is 0 Å². The zero-order valence-corrected chi connectivity index (χ0v) is 10.4. The van der Waals surface area contributed by atoms with Gasteiger partial charge in [0.05, 0.1) is 0 Å². The highest BCUT2D eigenvalue weighted by Gasteiger charge is 2.40. The van der Waals surface area contributed by atoms with E-state index in [0.29, 0.717) is 17.6 Å². The van der Waals surface area contributed by atoms with Gasteiger partial charge < -0.3 is 16.4 Å². The van der Waals surface area contributed by atoms with Gasteiger partial charge in [0.15, 0.2) is 0 Å². The van der Waals surface area contributed by atoms with Crippen molar-refractivity contribution in [1.29, 1.82) is 0 Å². The minimum absolute atomic E-state index is 0.0997. The van der Waals surface area contributed by atoms with Gasteiger partial charge in [-0.1, -0.05) is 6.42 Å². The molecule has 4 heteroatoms. The molecule has 96 valence electrons. The number of amides is 2. The number of benzene rings is 1. The molecule has 4 nitrogen and oxygen atoms in total. The van der Waals surface area contributed by atoms with Crippen molar-refractivity contribution in [2.45, 2.75) is 31.7 Å². The van der Waals surface area contributed by atoms with Gasteiger partial charge in [-0.05, 0) is 55.4 Å². The van der Waals surface area contributed by atoms with Gasteiger partial charge in [0, 0.05) is 17.4 Å². The van der Waals surface area contributed by atoms with Gasteiger partial charge in [-0.25, -0.2) is 4.79 Å². The summed E-state index contributed by atoms with van der Waals surface area (Å²) in [5, 5.41) is 5.94. The number of fused-ring (bicyclic) bond motifs is 2. The van der Waals surface area contributed by atoms with E-state index in [2.05, 4.69) is 10.6 Å². The molecular formula is C14H19N3O. The van der Waals surface area contributed by atoms with Crippen molar-refractivity contribution in [1.82, 2.24) is 5.32 Å². The third kappa shape index (κ3) is 2.28. The first-order chi connectivity index (χ1) is 8.70. The Morgan fingerprint density at radius 2 is 1.94 bits per heavy atom. The quantitative estimate of drug-likeness (QED) is 0.701. The molecule has 3 rings (SSSR count). The number of carbonyl (C=O) groups is 1. The van der Waals surface area contributed by atoms with Crippen LogP contribution in [0.5, 0.6) is 0 Å². The smallest absolute Gasteiger partial charge is 0.319 e. The van der Waals surface area contributed by atoms with E-state index in [4.69, 9.17) is 5.73 Å². The lowest BCUT2D eigenvalue weighted by Crippen LogP contribution is -2.40. The van der Waals surface area contributed by atoms with E-state index >= 15 is 0 Å². The summed E-state index contributed by atoms with van der Waals surface area (Å²) in [6, 6.07) is 7.47. The molecule has 0 aromatic heterocycles. The Bertz CT molecular complexity index is 443. The predicted octanol–water partition coefficient (Wildman–Crippen LogP) is 2.58. The second-order valence-electron chi connectivity index (χ2n) is 5.50. The molecule has 3 atom stereocenters. The molecule has 2 fully saturated rings. The lowest BCUT2D eigenvalue weighted by molar-refractivity contribution is 0.242. The zero-order chi connectivity index (χ0) is 12.5. The first kappa shape index (κ1) is 11.4. The van der Waals surface area contributed by atoms with Crippen molar-refractivity contribution in [3.05, 3.63) is 24.3 Å². The second kappa shape index (κ2) is 4.52. The molecule has 3 unspecified atom stereocenters. The number of urea groups is 1. The maximum Gasteiger partial charge on any atom is 0.319 e. The fourth-order valence-corrected chi connectivity index (χ4v) is 3.32. The highest BCUT2D eigenvalue weighted by molar-refractivity contribution is 5.89. The van der Waals surface area contributed by atoms with Crippen LogP contribution < -0.4 is 16.4 Å². The minimum Gasteiger partial charge on any atom is -0.399 e. The number of nitrogen functional groups attached to an aromatic ring is 1. The van der Waals surface area contributed by atoms with Crippen LogP contribution in [-0.2, 0) is 0 Å². The summed E-state index contributed by atoms with van der Waals surface area (Å²) < 4.78 is 0. The molecule has 2 amide bonds. The van der Waals surface area contributed by atoms with Crippen molar-refractivity contribution < 1.29 is 4.79 Å². The number of carbonyl (C=O) groups excluding carboxylic acids is 1. The molecule has 1 aromatic rings. The Labute approximate surface area is 107 Å². The maximum atomic E-state index is 11.9. The van der Waals surface area contributed by atoms with E-state index in [9.17, 15) is 4.79 Å². The van der Waals surface area contributed by atoms with E-state index < -0.39 is 0 Å². The molecule has 0 aliphatic heterocycles. The van der Waals surface area contributed by atoms with Gasteiger partial charge in [0.25, 0.3) is 0 Å². The summed E-state index contributed by atoms with van der Waals surface area (Å²) in [6.07, 6.45) is 5.08. The van der Waals surface area contributed by atoms with Crippen molar-refractivity contribution in [2.75, 3.05) is 11.1 Å². The first-order valence-electron chi connectivity index (χ1n) is 6.64. The van der Waals surface area contributed by atoms with Crippen LogP contribution in [0, 0.1) is 11.8 Å². The Kier molecular flexibility index (Phi) is 2.86. The summed E-state index contributed by atoms with van der Waals surface area (Å²) in [5.41, 5.74) is 7.09. The van der Waals surface area contributed by atoms with Crippen LogP contribution in [0.3, 0.4) is 0 Å². The van der Waals surface area contributed by atoms with Gasteiger partial charge in [0.2, 0.25) is 0 Å². The van der Waals surface area contributed by atoms with Crippen molar-refractivity contribution >= 4 is 17.4 Å². The summed E-state index contributed by atoms with van der Waals surface area (Å²) in [4.78, 5) is 11.9. The highest BCUT2D eigenvalue weighted by atomic mass is 16.2. The van der Waals surface area contributed by atoms with Crippen molar-refractivity contribution in [2.24, 2.45) is 11.8 Å². The number of nitrogens with one attached hydrogen (secondary N) is 2. The van der Waals surface area contributed by atoms with Gasteiger partial charge in [-0.15, -0.1) is 0 Å². The number of hydrogen-bond donors (Lipinski definition) is 3. The molecule has 4 N–H and O–H groups in total. The summed E-state index contributed by atoms with van der Waals surface area (Å²) >= 11 is 0. The molecule has 2 aliphatic carbocycles. The predicted molar refractivity (Wildman–Crippen MR) is 72.2 cm³/mol. The zero-order valence-electron chi connectivity index (χ0n) is 10.4. The van der Waals surface area contributed by atoms with Crippen LogP contribution in [0.4, 0.5) is 16.2 Å². The normalized spacial score (nSPS) is 29.2. The fourth-order valence-electron chi connectivity index (χ4n) is 3.32. The minimum atomic E-state index is -0.0997. The van der Waals surface area contributed by atoms with E-state index in [-0.39, 0.29) is 6.03 Å². The molecule has 2 aliphatic rings. The van der Waals surface area contributed by atoms with Crippen LogP contribution in [0.25, 0.3) is 0 Å². The molecule has 2 bridgehead atoms. The van der Waals surface area contributed by atoms with Gasteiger partial charge in [-0.3, -0.25) is 0 Å². The van der Waals surface area contributed by atoms with Crippen molar-refractivity contribution in [3.63, 3.8) is 0 Å². The van der Waals surface area contributed by atoms with Gasteiger partial charge in [-0.2, -0.15) is 0 Å². The molecule has 0 heterocycles. The highest BCUT2D eigenvalue weighted by Crippen LogP contribution is 2.44. The average molecular weight is 245 g/mol. The molecule has 0 spiro atoms. The lowest BCUT2D eigenvalue weighted by Gasteiger charge is -2.23. The van der Waals surface area contributed by atoms with Crippen LogP contribution in [-0.4, -0.2) is 12.1 Å². The number of rotatable bonds is 2. The molecule has 0 radical (unpaired) electrons. The maximum absolute atomic E-state index is 11.9. The second-order valence-corrected chi connectivity index (χ2v) is 5.50. The third-order valence-electron chi connectivity index (χ3n) is 4.22. The Morgan fingerprint density at radius 3 is 2.56 bits per heavy atom. The molecule has 0 saturated heterocycles. The van der Waals surface area contributed by atoms with Crippen LogP contribution >= 0.6 is 0 Å². The molecule has 2 saturated carbocycles. The van der Waals surface area contributed by atoms with E-state index in [1.54, 1.807) is 12.1 Å². The number of anilines is 2. The monoisotopic (exact) mass is 245 g/mol. The first-order valence-corrected chi connectivity index (χ1v) is 6.64. The Hall–Kier alpha value is -1.71.